The molecule has 0 unspecified atom stereocenters. The second kappa shape index (κ2) is 9.64. The van der Waals surface area contributed by atoms with Crippen LogP contribution in [0.15, 0.2) is 46.9 Å². The van der Waals surface area contributed by atoms with Gasteiger partial charge in [-0.05, 0) is 59.8 Å². The zero-order valence-corrected chi connectivity index (χ0v) is 18.6. The van der Waals surface area contributed by atoms with Crippen molar-refractivity contribution < 1.29 is 15.4 Å². The zero-order valence-electron chi connectivity index (χ0n) is 17.0. The maximum absolute atomic E-state index is 13.0. The minimum Gasteiger partial charge on any atom is -0.507 e. The van der Waals surface area contributed by atoms with Crippen molar-refractivity contribution in [1.29, 1.82) is 0 Å². The van der Waals surface area contributed by atoms with E-state index < -0.39 is 0 Å². The Morgan fingerprint density at radius 1 is 1.23 bits per heavy atom. The van der Waals surface area contributed by atoms with Crippen molar-refractivity contribution >= 4 is 32.7 Å². The molecule has 5 N–H and O–H groups in total. The molecule has 2 heterocycles. The largest absolute Gasteiger partial charge is 0.507 e. The van der Waals surface area contributed by atoms with Crippen molar-refractivity contribution in [1.82, 2.24) is 15.2 Å². The van der Waals surface area contributed by atoms with Crippen molar-refractivity contribution in [2.45, 2.75) is 32.2 Å². The molecule has 0 saturated carbocycles. The maximum atomic E-state index is 13.0. The molecule has 1 aromatic heterocycles. The predicted molar refractivity (Wildman–Crippen MR) is 123 cm³/mol. The van der Waals surface area contributed by atoms with Crippen molar-refractivity contribution in [3.05, 3.63) is 63.8 Å². The number of aromatic nitrogens is 1. The Morgan fingerprint density at radius 2 is 1.93 bits per heavy atom. The van der Waals surface area contributed by atoms with Gasteiger partial charge in [0.15, 0.2) is 0 Å². The predicted octanol–water partition coefficient (Wildman–Crippen LogP) is 3.56. The van der Waals surface area contributed by atoms with E-state index >= 15 is 0 Å². The Morgan fingerprint density at radius 3 is 2.63 bits per heavy atom. The number of hydrogen-bond acceptors (Lipinski definition) is 3. The molecule has 30 heavy (non-hydrogen) atoms. The van der Waals surface area contributed by atoms with Crippen LogP contribution in [0.3, 0.4) is 0 Å². The summed E-state index contributed by atoms with van der Waals surface area (Å²) in [6, 6.07) is 14.2. The Hall–Kier alpha value is -2.35. The topological polar surface area (TPSA) is 99.9 Å². The molecule has 0 aliphatic carbocycles. The van der Waals surface area contributed by atoms with E-state index in [0.29, 0.717) is 10.0 Å². The number of aromatic hydroxyl groups is 1. The highest BCUT2D eigenvalue weighted by Crippen LogP contribution is 2.32. The molecule has 6 nitrogen and oxygen atoms in total. The number of phenolic OH excluding ortho intramolecular Hbond substituents is 1. The van der Waals surface area contributed by atoms with Crippen molar-refractivity contribution in [2.75, 3.05) is 19.6 Å². The fraction of sp³-hybridized carbons (Fsp3) is 0.348. The number of H-pyrrole nitrogens is 1. The van der Waals surface area contributed by atoms with Gasteiger partial charge in [0.05, 0.1) is 10.0 Å². The van der Waals surface area contributed by atoms with Crippen LogP contribution in [0.4, 0.5) is 0 Å². The number of aryl methyl sites for hydroxylation is 1. The lowest BCUT2D eigenvalue weighted by atomic mass is 10.0. The SMILES string of the molecule is Cc1[nH]c2cc(Br)c(O)cc2c1C(=O)NC1CCN(CCc2ccccc2)CC1.O. The molecule has 3 aromatic rings. The molecule has 0 spiro atoms. The highest BCUT2D eigenvalue weighted by atomic mass is 79.9. The van der Waals surface area contributed by atoms with Gasteiger partial charge in [-0.2, -0.15) is 0 Å². The minimum atomic E-state index is -0.0711. The number of aromatic amines is 1. The number of carbonyl (C=O) groups is 1. The maximum Gasteiger partial charge on any atom is 0.253 e. The summed E-state index contributed by atoms with van der Waals surface area (Å²) < 4.78 is 0.612. The molecule has 1 aliphatic rings. The molecule has 1 aliphatic heterocycles. The number of rotatable bonds is 5. The monoisotopic (exact) mass is 473 g/mol. The molecule has 7 heteroatoms. The number of nitrogens with one attached hydrogen (secondary N) is 2. The summed E-state index contributed by atoms with van der Waals surface area (Å²) in [5.41, 5.74) is 3.64. The molecule has 1 amide bonds. The van der Waals surface area contributed by atoms with Crippen molar-refractivity contribution in [2.24, 2.45) is 0 Å². The number of likely N-dealkylation sites (tertiary alicyclic amines) is 1. The standard InChI is InChI=1S/C23H26BrN3O2.H2O/c1-15-22(18-13-21(28)19(24)14-20(18)25-15)23(29)26-17-8-11-27(12-9-17)10-7-16-5-3-2-4-6-16;/h2-6,13-14,17,25,28H,7-12H2,1H3,(H,26,29);1H2. The minimum absolute atomic E-state index is 0. The van der Waals surface area contributed by atoms with E-state index in [2.05, 4.69) is 55.4 Å². The summed E-state index contributed by atoms with van der Waals surface area (Å²) >= 11 is 3.32. The zero-order chi connectivity index (χ0) is 20.4. The molecule has 0 atom stereocenters. The highest BCUT2D eigenvalue weighted by Gasteiger charge is 2.24. The molecule has 1 saturated heterocycles. The van der Waals surface area contributed by atoms with Crippen LogP contribution in [0.2, 0.25) is 0 Å². The third-order valence-corrected chi connectivity index (χ3v) is 6.40. The fourth-order valence-electron chi connectivity index (χ4n) is 4.12. The number of carbonyl (C=O) groups excluding carboxylic acids is 1. The van der Waals surface area contributed by atoms with E-state index in [1.54, 1.807) is 12.1 Å². The molecular formula is C23H28BrN3O3. The summed E-state index contributed by atoms with van der Waals surface area (Å²) in [6.07, 6.45) is 2.98. The number of fused-ring (bicyclic) bond motifs is 1. The van der Waals surface area contributed by atoms with Crippen LogP contribution in [0.25, 0.3) is 10.9 Å². The molecule has 1 fully saturated rings. The van der Waals surface area contributed by atoms with Crippen LogP contribution in [0.1, 0.15) is 34.5 Å². The van der Waals surface area contributed by atoms with E-state index in [1.165, 1.54) is 5.56 Å². The van der Waals surface area contributed by atoms with Crippen LogP contribution in [0.5, 0.6) is 5.75 Å². The molecule has 0 bridgehead atoms. The van der Waals surface area contributed by atoms with E-state index in [4.69, 9.17) is 0 Å². The lowest BCUT2D eigenvalue weighted by Gasteiger charge is -2.32. The number of hydrogen-bond donors (Lipinski definition) is 3. The Kier molecular flexibility index (Phi) is 7.18. The molecule has 2 aromatic carbocycles. The van der Waals surface area contributed by atoms with Crippen LogP contribution in [-0.2, 0) is 6.42 Å². The van der Waals surface area contributed by atoms with Gasteiger partial charge in [0.25, 0.3) is 5.91 Å². The normalized spacial score (nSPS) is 15.1. The molecular weight excluding hydrogens is 446 g/mol. The third kappa shape index (κ3) is 4.86. The van der Waals surface area contributed by atoms with Crippen LogP contribution < -0.4 is 5.32 Å². The lowest BCUT2D eigenvalue weighted by molar-refractivity contribution is 0.0912. The first-order valence-electron chi connectivity index (χ1n) is 10.1. The van der Waals surface area contributed by atoms with Crippen LogP contribution in [0, 0.1) is 6.92 Å². The van der Waals surface area contributed by atoms with Gasteiger partial charge in [0.2, 0.25) is 0 Å². The average Bonchev–Trinajstić information content (AvgIpc) is 3.03. The van der Waals surface area contributed by atoms with Gasteiger partial charge >= 0.3 is 0 Å². The van der Waals surface area contributed by atoms with Gasteiger partial charge in [-0.1, -0.05) is 30.3 Å². The van der Waals surface area contributed by atoms with Crippen molar-refractivity contribution in [3.63, 3.8) is 0 Å². The first-order valence-corrected chi connectivity index (χ1v) is 10.9. The Balaban J connectivity index is 0.00000256. The average molecular weight is 474 g/mol. The van der Waals surface area contributed by atoms with E-state index in [-0.39, 0.29) is 23.2 Å². The van der Waals surface area contributed by atoms with Gasteiger partial charge in [0.1, 0.15) is 5.75 Å². The summed E-state index contributed by atoms with van der Waals surface area (Å²) in [5.74, 6) is 0.0653. The first-order chi connectivity index (χ1) is 14.0. The third-order valence-electron chi connectivity index (χ3n) is 5.76. The van der Waals surface area contributed by atoms with Gasteiger partial charge in [-0.15, -0.1) is 0 Å². The number of piperidine rings is 1. The summed E-state index contributed by atoms with van der Waals surface area (Å²) in [6.45, 7) is 4.95. The smallest absolute Gasteiger partial charge is 0.253 e. The highest BCUT2D eigenvalue weighted by molar-refractivity contribution is 9.10. The van der Waals surface area contributed by atoms with Crippen LogP contribution >= 0.6 is 15.9 Å². The van der Waals surface area contributed by atoms with Gasteiger partial charge < -0.3 is 25.8 Å². The lowest BCUT2D eigenvalue weighted by Crippen LogP contribution is -2.45. The van der Waals surface area contributed by atoms with E-state index in [0.717, 1.165) is 55.5 Å². The number of amides is 1. The van der Waals surface area contributed by atoms with Gasteiger partial charge in [-0.3, -0.25) is 4.79 Å². The Labute approximate surface area is 184 Å². The van der Waals surface area contributed by atoms with Crippen molar-refractivity contribution in [3.8, 4) is 5.75 Å². The Bertz CT molecular complexity index is 1010. The quantitative estimate of drug-likeness (QED) is 0.527. The van der Waals surface area contributed by atoms with E-state index in [9.17, 15) is 9.90 Å². The fourth-order valence-corrected chi connectivity index (χ4v) is 4.46. The number of benzene rings is 2. The number of halogens is 1. The number of phenols is 1. The van der Waals surface area contributed by atoms with Crippen LogP contribution in [-0.4, -0.2) is 52.0 Å². The van der Waals surface area contributed by atoms with E-state index in [1.807, 2.05) is 13.0 Å². The summed E-state index contributed by atoms with van der Waals surface area (Å²) in [5, 5.41) is 14.0. The summed E-state index contributed by atoms with van der Waals surface area (Å²) in [7, 11) is 0. The molecule has 160 valence electrons. The second-order valence-corrected chi connectivity index (χ2v) is 8.65. The first kappa shape index (κ1) is 22.3. The second-order valence-electron chi connectivity index (χ2n) is 7.80. The number of nitrogens with zero attached hydrogens (tertiary/aromatic N) is 1. The van der Waals surface area contributed by atoms with Gasteiger partial charge in [0, 0.05) is 42.3 Å². The molecule has 0 radical (unpaired) electrons. The molecule has 4 rings (SSSR count). The van der Waals surface area contributed by atoms with Gasteiger partial charge in [-0.25, -0.2) is 0 Å². The summed E-state index contributed by atoms with van der Waals surface area (Å²) in [4.78, 5) is 18.7.